The molecule has 0 aliphatic carbocycles. The van der Waals surface area contributed by atoms with Crippen LogP contribution in [0.1, 0.15) is 9.67 Å². The van der Waals surface area contributed by atoms with E-state index in [4.69, 9.17) is 16.3 Å². The average Bonchev–Trinajstić information content (AvgIpc) is 3.00. The molecule has 4 heteroatoms. The van der Waals surface area contributed by atoms with Crippen LogP contribution in [-0.4, -0.2) is 5.97 Å². The molecular weight excluding hydrogens is 352 g/mol. The number of ether oxygens (including phenoxy) is 1. The Bertz CT molecular complexity index is 1050. The summed E-state index contributed by atoms with van der Waals surface area (Å²) in [5.74, 6) is 0.0850. The number of benzene rings is 3. The summed E-state index contributed by atoms with van der Waals surface area (Å²) in [5, 5.41) is 1.32. The van der Waals surface area contributed by atoms with E-state index in [1.54, 1.807) is 6.07 Å². The van der Waals surface area contributed by atoms with E-state index in [1.165, 1.54) is 11.3 Å². The Morgan fingerprint density at radius 1 is 0.840 bits per heavy atom. The van der Waals surface area contributed by atoms with Crippen molar-refractivity contribution in [3.05, 3.63) is 88.8 Å². The highest BCUT2D eigenvalue weighted by Gasteiger charge is 2.20. The molecule has 0 bridgehead atoms. The lowest BCUT2D eigenvalue weighted by molar-refractivity contribution is 0.0741. The Kier molecular flexibility index (Phi) is 4.26. The van der Waals surface area contributed by atoms with E-state index < -0.39 is 5.97 Å². The molecule has 0 radical (unpaired) electrons. The van der Waals surface area contributed by atoms with Crippen LogP contribution in [0.5, 0.6) is 5.75 Å². The number of carbonyl (C=O) groups excluding carboxylic acids is 1. The maximum absolute atomic E-state index is 12.7. The zero-order chi connectivity index (χ0) is 17.2. The molecule has 0 fully saturated rings. The summed E-state index contributed by atoms with van der Waals surface area (Å²) >= 11 is 7.73. The van der Waals surface area contributed by atoms with Crippen molar-refractivity contribution in [2.24, 2.45) is 0 Å². The molecule has 1 aromatic heterocycles. The summed E-state index contributed by atoms with van der Waals surface area (Å²) in [7, 11) is 0. The second-order valence-electron chi connectivity index (χ2n) is 5.49. The molecule has 122 valence electrons. The van der Waals surface area contributed by atoms with Gasteiger partial charge in [0.2, 0.25) is 0 Å². The molecule has 1 heterocycles. The summed E-state index contributed by atoms with van der Waals surface area (Å²) in [4.78, 5) is 13.1. The van der Waals surface area contributed by atoms with Crippen molar-refractivity contribution in [1.29, 1.82) is 0 Å². The maximum atomic E-state index is 12.7. The Morgan fingerprint density at radius 2 is 1.52 bits per heavy atom. The van der Waals surface area contributed by atoms with Crippen LogP contribution in [0.25, 0.3) is 21.2 Å². The first kappa shape index (κ1) is 15.9. The fourth-order valence-electron chi connectivity index (χ4n) is 2.70. The van der Waals surface area contributed by atoms with Crippen molar-refractivity contribution in [3.8, 4) is 16.9 Å². The average molecular weight is 365 g/mol. The van der Waals surface area contributed by atoms with Gasteiger partial charge in [0.25, 0.3) is 0 Å². The lowest BCUT2D eigenvalue weighted by Gasteiger charge is -2.09. The lowest BCUT2D eigenvalue weighted by Crippen LogP contribution is -2.07. The number of thiophene rings is 1. The van der Waals surface area contributed by atoms with Gasteiger partial charge in [0.15, 0.2) is 0 Å². The van der Waals surface area contributed by atoms with Crippen LogP contribution in [0.15, 0.2) is 78.9 Å². The van der Waals surface area contributed by atoms with Crippen LogP contribution in [0.2, 0.25) is 5.02 Å². The summed E-state index contributed by atoms with van der Waals surface area (Å²) < 4.78 is 6.65. The van der Waals surface area contributed by atoms with Gasteiger partial charge in [-0.25, -0.2) is 4.79 Å². The first-order chi connectivity index (χ1) is 12.2. The van der Waals surface area contributed by atoms with Gasteiger partial charge in [0.1, 0.15) is 10.6 Å². The quantitative estimate of drug-likeness (QED) is 0.309. The molecule has 0 spiro atoms. The van der Waals surface area contributed by atoms with Crippen molar-refractivity contribution in [1.82, 2.24) is 0 Å². The molecule has 0 aliphatic rings. The molecule has 4 rings (SSSR count). The highest BCUT2D eigenvalue weighted by atomic mass is 35.5. The van der Waals surface area contributed by atoms with Gasteiger partial charge in [-0.05, 0) is 17.7 Å². The summed E-state index contributed by atoms with van der Waals surface area (Å²) in [5.41, 5.74) is 1.86. The van der Waals surface area contributed by atoms with Gasteiger partial charge in [0, 0.05) is 15.6 Å². The second kappa shape index (κ2) is 6.71. The zero-order valence-electron chi connectivity index (χ0n) is 13.1. The largest absolute Gasteiger partial charge is 0.422 e. The van der Waals surface area contributed by atoms with Gasteiger partial charge < -0.3 is 4.74 Å². The molecule has 4 aromatic rings. The van der Waals surface area contributed by atoms with E-state index in [0.717, 1.165) is 21.2 Å². The lowest BCUT2D eigenvalue weighted by atomic mass is 10.1. The standard InChI is InChI=1S/C21H13ClO2S/c22-19-16-11-5-7-13-18(16)25-20(19)21(23)24-17-12-6-4-10-15(17)14-8-2-1-3-9-14/h1-13H. The first-order valence-corrected chi connectivity index (χ1v) is 8.97. The Balaban J connectivity index is 1.71. The molecular formula is C21H13ClO2S. The van der Waals surface area contributed by atoms with Crippen LogP contribution in [0, 0.1) is 0 Å². The molecule has 2 nitrogen and oxygen atoms in total. The number of halogens is 1. The van der Waals surface area contributed by atoms with Crippen molar-refractivity contribution < 1.29 is 9.53 Å². The summed E-state index contributed by atoms with van der Waals surface area (Å²) in [6, 6.07) is 25.0. The van der Waals surface area contributed by atoms with Crippen molar-refractivity contribution in [2.45, 2.75) is 0 Å². The molecule has 0 saturated heterocycles. The smallest absolute Gasteiger partial charge is 0.355 e. The van der Waals surface area contributed by atoms with Crippen molar-refractivity contribution in [3.63, 3.8) is 0 Å². The first-order valence-electron chi connectivity index (χ1n) is 7.77. The molecule has 0 amide bonds. The monoisotopic (exact) mass is 364 g/mol. The number of para-hydroxylation sites is 1. The van der Waals surface area contributed by atoms with E-state index in [9.17, 15) is 4.79 Å². The number of hydrogen-bond acceptors (Lipinski definition) is 3. The molecule has 0 aliphatic heterocycles. The van der Waals surface area contributed by atoms with E-state index in [1.807, 2.05) is 72.8 Å². The summed E-state index contributed by atoms with van der Waals surface area (Å²) in [6.45, 7) is 0. The van der Waals surface area contributed by atoms with Gasteiger partial charge in [-0.1, -0.05) is 78.3 Å². The predicted octanol–water partition coefficient (Wildman–Crippen LogP) is 6.44. The van der Waals surface area contributed by atoms with Crippen LogP contribution < -0.4 is 4.74 Å². The van der Waals surface area contributed by atoms with E-state index >= 15 is 0 Å². The normalized spacial score (nSPS) is 10.8. The van der Waals surface area contributed by atoms with Gasteiger partial charge in [-0.3, -0.25) is 0 Å². The SMILES string of the molecule is O=C(Oc1ccccc1-c1ccccc1)c1sc2ccccc2c1Cl. The minimum atomic E-state index is -0.436. The number of esters is 1. The third kappa shape index (κ3) is 3.04. The third-order valence-electron chi connectivity index (χ3n) is 3.89. The third-order valence-corrected chi connectivity index (χ3v) is 5.55. The fourth-order valence-corrected chi connectivity index (χ4v) is 4.09. The Hall–Kier alpha value is -2.62. The van der Waals surface area contributed by atoms with Crippen LogP contribution in [0.4, 0.5) is 0 Å². The Morgan fingerprint density at radius 3 is 2.32 bits per heavy atom. The summed E-state index contributed by atoms with van der Waals surface area (Å²) in [6.07, 6.45) is 0. The van der Waals surface area contributed by atoms with Gasteiger partial charge in [-0.15, -0.1) is 11.3 Å². The van der Waals surface area contributed by atoms with Crippen molar-refractivity contribution >= 4 is 39.0 Å². The molecule has 0 atom stereocenters. The highest BCUT2D eigenvalue weighted by Crippen LogP contribution is 2.37. The van der Waals surface area contributed by atoms with Gasteiger partial charge in [-0.2, -0.15) is 0 Å². The number of hydrogen-bond donors (Lipinski definition) is 0. The molecule has 25 heavy (non-hydrogen) atoms. The van der Waals surface area contributed by atoms with E-state index in [0.29, 0.717) is 15.6 Å². The van der Waals surface area contributed by atoms with E-state index in [-0.39, 0.29) is 0 Å². The fraction of sp³-hybridized carbons (Fsp3) is 0. The van der Waals surface area contributed by atoms with Crippen LogP contribution in [0.3, 0.4) is 0 Å². The van der Waals surface area contributed by atoms with Crippen molar-refractivity contribution in [2.75, 3.05) is 0 Å². The van der Waals surface area contributed by atoms with Crippen LogP contribution >= 0.6 is 22.9 Å². The van der Waals surface area contributed by atoms with Gasteiger partial charge >= 0.3 is 5.97 Å². The van der Waals surface area contributed by atoms with Crippen LogP contribution in [-0.2, 0) is 0 Å². The van der Waals surface area contributed by atoms with Gasteiger partial charge in [0.05, 0.1) is 5.02 Å². The number of rotatable bonds is 3. The second-order valence-corrected chi connectivity index (χ2v) is 6.92. The molecule has 0 N–H and O–H groups in total. The maximum Gasteiger partial charge on any atom is 0.355 e. The zero-order valence-corrected chi connectivity index (χ0v) is 14.7. The predicted molar refractivity (Wildman–Crippen MR) is 104 cm³/mol. The van der Waals surface area contributed by atoms with E-state index in [2.05, 4.69) is 0 Å². The highest BCUT2D eigenvalue weighted by molar-refractivity contribution is 7.21. The topological polar surface area (TPSA) is 26.3 Å². The number of fused-ring (bicyclic) bond motifs is 1. The molecule has 0 saturated carbocycles. The minimum Gasteiger partial charge on any atom is -0.422 e. The molecule has 0 unspecified atom stereocenters. The number of carbonyl (C=O) groups is 1. The minimum absolute atomic E-state index is 0.422. The Labute approximate surface area is 154 Å². The molecule has 3 aromatic carbocycles.